The zero-order valence-electron chi connectivity index (χ0n) is 13.1. The van der Waals surface area contributed by atoms with E-state index < -0.39 is 0 Å². The number of nitrogens with zero attached hydrogens (tertiary/aromatic N) is 2. The second-order valence-corrected chi connectivity index (χ2v) is 7.42. The Bertz CT molecular complexity index is 895. The molecule has 2 N–H and O–H groups in total. The van der Waals surface area contributed by atoms with Gasteiger partial charge in [-0.25, -0.2) is 0 Å². The summed E-state index contributed by atoms with van der Waals surface area (Å²) in [6, 6.07) is 5.92. The van der Waals surface area contributed by atoms with Gasteiger partial charge in [0.25, 0.3) is 5.91 Å². The van der Waals surface area contributed by atoms with Crippen molar-refractivity contribution in [3.05, 3.63) is 40.0 Å². The first-order chi connectivity index (χ1) is 11.1. The maximum absolute atomic E-state index is 12.6. The third kappa shape index (κ3) is 2.53. The van der Waals surface area contributed by atoms with Gasteiger partial charge in [-0.3, -0.25) is 10.1 Å². The molecule has 0 fully saturated rings. The molecule has 118 valence electrons. The van der Waals surface area contributed by atoms with Crippen molar-refractivity contribution in [2.45, 2.75) is 33.1 Å². The fourth-order valence-corrected chi connectivity index (χ4v) is 3.90. The number of rotatable bonds is 2. The van der Waals surface area contributed by atoms with Crippen LogP contribution < -0.4 is 5.32 Å². The molecule has 3 aromatic rings. The quantitative estimate of drug-likeness (QED) is 0.754. The zero-order chi connectivity index (χ0) is 16.0. The Labute approximate surface area is 138 Å². The maximum Gasteiger partial charge on any atom is 0.259 e. The van der Waals surface area contributed by atoms with Crippen LogP contribution in [0.25, 0.3) is 10.9 Å². The van der Waals surface area contributed by atoms with Crippen molar-refractivity contribution in [1.82, 2.24) is 15.2 Å². The number of amides is 1. The van der Waals surface area contributed by atoms with E-state index in [4.69, 9.17) is 0 Å². The fraction of sp³-hybridized carbons (Fsp3) is 0.353. The van der Waals surface area contributed by atoms with E-state index in [0.29, 0.717) is 16.6 Å². The van der Waals surface area contributed by atoms with Gasteiger partial charge in [0.1, 0.15) is 5.01 Å². The minimum atomic E-state index is -0.140. The molecule has 0 spiro atoms. The van der Waals surface area contributed by atoms with Gasteiger partial charge in [0, 0.05) is 11.1 Å². The van der Waals surface area contributed by atoms with Crippen LogP contribution in [-0.2, 0) is 12.8 Å². The Morgan fingerprint density at radius 3 is 3.04 bits per heavy atom. The lowest BCUT2D eigenvalue weighted by atomic mass is 9.87. The molecule has 0 saturated heterocycles. The number of benzene rings is 1. The van der Waals surface area contributed by atoms with Gasteiger partial charge in [-0.15, -0.1) is 10.2 Å². The molecule has 2 heterocycles. The fourth-order valence-electron chi connectivity index (χ4n) is 3.32. The number of carbonyl (C=O) groups excluding carboxylic acids is 1. The van der Waals surface area contributed by atoms with Crippen LogP contribution in [-0.4, -0.2) is 21.1 Å². The van der Waals surface area contributed by atoms with Crippen LogP contribution in [0.3, 0.4) is 0 Å². The molecule has 1 aliphatic rings. The largest absolute Gasteiger partial charge is 0.358 e. The van der Waals surface area contributed by atoms with E-state index in [1.165, 1.54) is 34.4 Å². The molecule has 1 amide bonds. The van der Waals surface area contributed by atoms with Crippen molar-refractivity contribution in [2.24, 2.45) is 5.92 Å². The summed E-state index contributed by atoms with van der Waals surface area (Å²) in [6.07, 6.45) is 3.34. The molecular formula is C17H18N4OS. The first kappa shape index (κ1) is 14.4. The van der Waals surface area contributed by atoms with Gasteiger partial charge in [-0.2, -0.15) is 0 Å². The van der Waals surface area contributed by atoms with E-state index in [9.17, 15) is 4.79 Å². The van der Waals surface area contributed by atoms with Gasteiger partial charge >= 0.3 is 0 Å². The zero-order valence-corrected chi connectivity index (χ0v) is 14.0. The number of aromatic nitrogens is 3. The van der Waals surface area contributed by atoms with E-state index in [1.54, 1.807) is 0 Å². The third-order valence-electron chi connectivity index (χ3n) is 4.46. The summed E-state index contributed by atoms with van der Waals surface area (Å²) >= 11 is 1.38. The summed E-state index contributed by atoms with van der Waals surface area (Å²) in [7, 11) is 0. The molecule has 1 aromatic carbocycles. The summed E-state index contributed by atoms with van der Waals surface area (Å²) < 4.78 is 0. The van der Waals surface area contributed by atoms with Gasteiger partial charge in [-0.1, -0.05) is 30.4 Å². The van der Waals surface area contributed by atoms with Crippen molar-refractivity contribution in [2.75, 3.05) is 5.32 Å². The molecule has 4 rings (SSSR count). The molecule has 1 unspecified atom stereocenters. The van der Waals surface area contributed by atoms with E-state index in [-0.39, 0.29) is 5.91 Å². The number of hydrogen-bond donors (Lipinski definition) is 2. The monoisotopic (exact) mass is 326 g/mol. The predicted molar refractivity (Wildman–Crippen MR) is 92.1 cm³/mol. The van der Waals surface area contributed by atoms with E-state index in [1.807, 2.05) is 19.1 Å². The number of aromatic amines is 1. The molecule has 0 saturated carbocycles. The molecule has 23 heavy (non-hydrogen) atoms. The highest BCUT2D eigenvalue weighted by Gasteiger charge is 2.22. The van der Waals surface area contributed by atoms with Crippen LogP contribution in [0.5, 0.6) is 0 Å². The number of aryl methyl sites for hydroxylation is 2. The van der Waals surface area contributed by atoms with Gasteiger partial charge in [0.15, 0.2) is 0 Å². The lowest BCUT2D eigenvalue weighted by Gasteiger charge is -2.17. The van der Waals surface area contributed by atoms with Gasteiger partial charge < -0.3 is 4.98 Å². The van der Waals surface area contributed by atoms with Crippen LogP contribution in [0.4, 0.5) is 5.13 Å². The SMILES string of the molecule is Cc1nnc(NC(=O)c2cccc3c4c([nH]c23)CCC(C)C4)s1. The number of para-hydroxylation sites is 1. The van der Waals surface area contributed by atoms with Crippen molar-refractivity contribution >= 4 is 33.3 Å². The normalized spacial score (nSPS) is 17.2. The van der Waals surface area contributed by atoms with Crippen LogP contribution in [0.2, 0.25) is 0 Å². The Hall–Kier alpha value is -2.21. The Morgan fingerprint density at radius 2 is 2.26 bits per heavy atom. The van der Waals surface area contributed by atoms with Gasteiger partial charge in [0.05, 0.1) is 11.1 Å². The smallest absolute Gasteiger partial charge is 0.259 e. The lowest BCUT2D eigenvalue weighted by molar-refractivity contribution is 0.102. The highest BCUT2D eigenvalue weighted by Crippen LogP contribution is 2.33. The van der Waals surface area contributed by atoms with Crippen molar-refractivity contribution in [3.8, 4) is 0 Å². The second-order valence-electron chi connectivity index (χ2n) is 6.24. The van der Waals surface area contributed by atoms with E-state index in [0.717, 1.165) is 23.4 Å². The van der Waals surface area contributed by atoms with E-state index in [2.05, 4.69) is 33.5 Å². The van der Waals surface area contributed by atoms with Crippen molar-refractivity contribution in [3.63, 3.8) is 0 Å². The standard InChI is InChI=1S/C17H18N4OS/c1-9-6-7-14-13(8-9)11-4-3-5-12(15(11)18-14)16(22)19-17-21-20-10(2)23-17/h3-5,9,18H,6-8H2,1-2H3,(H,19,21,22). The summed E-state index contributed by atoms with van der Waals surface area (Å²) in [5.41, 5.74) is 4.26. The van der Waals surface area contributed by atoms with Crippen LogP contribution in [0.15, 0.2) is 18.2 Å². The highest BCUT2D eigenvalue weighted by atomic mass is 32.1. The number of hydrogen-bond acceptors (Lipinski definition) is 4. The highest BCUT2D eigenvalue weighted by molar-refractivity contribution is 7.15. The lowest BCUT2D eigenvalue weighted by Crippen LogP contribution is -2.12. The predicted octanol–water partition coefficient (Wildman–Crippen LogP) is 3.70. The molecule has 1 atom stereocenters. The molecule has 0 radical (unpaired) electrons. The van der Waals surface area contributed by atoms with Crippen LogP contribution in [0, 0.1) is 12.8 Å². The molecule has 2 aromatic heterocycles. The molecular weight excluding hydrogens is 308 g/mol. The molecule has 1 aliphatic carbocycles. The molecule has 0 bridgehead atoms. The maximum atomic E-state index is 12.6. The Balaban J connectivity index is 1.74. The summed E-state index contributed by atoms with van der Waals surface area (Å²) in [5, 5.41) is 13.3. The number of carbonyl (C=O) groups is 1. The summed E-state index contributed by atoms with van der Waals surface area (Å²) in [5.74, 6) is 0.557. The second kappa shape index (κ2) is 5.45. The average Bonchev–Trinajstić information content (AvgIpc) is 3.10. The van der Waals surface area contributed by atoms with Crippen molar-refractivity contribution in [1.29, 1.82) is 0 Å². The summed E-state index contributed by atoms with van der Waals surface area (Å²) in [4.78, 5) is 16.1. The Kier molecular flexibility index (Phi) is 3.41. The number of H-pyrrole nitrogens is 1. The Morgan fingerprint density at radius 1 is 1.39 bits per heavy atom. The number of nitrogens with one attached hydrogen (secondary N) is 2. The number of fused-ring (bicyclic) bond motifs is 3. The average molecular weight is 326 g/mol. The van der Waals surface area contributed by atoms with Crippen LogP contribution >= 0.6 is 11.3 Å². The minimum Gasteiger partial charge on any atom is -0.358 e. The number of anilines is 1. The molecule has 0 aliphatic heterocycles. The summed E-state index contributed by atoms with van der Waals surface area (Å²) in [6.45, 7) is 4.16. The van der Waals surface area contributed by atoms with E-state index >= 15 is 0 Å². The van der Waals surface area contributed by atoms with Crippen LogP contribution in [0.1, 0.15) is 40.0 Å². The molecule has 6 heteroatoms. The van der Waals surface area contributed by atoms with Gasteiger partial charge in [0.2, 0.25) is 5.13 Å². The third-order valence-corrected chi connectivity index (χ3v) is 5.21. The van der Waals surface area contributed by atoms with Gasteiger partial charge in [-0.05, 0) is 43.7 Å². The topological polar surface area (TPSA) is 70.7 Å². The minimum absolute atomic E-state index is 0.140. The first-order valence-corrected chi connectivity index (χ1v) is 8.67. The first-order valence-electron chi connectivity index (χ1n) is 7.85. The van der Waals surface area contributed by atoms with Crippen molar-refractivity contribution < 1.29 is 4.79 Å². The molecule has 5 nitrogen and oxygen atoms in total.